The van der Waals surface area contributed by atoms with Crippen molar-refractivity contribution in [3.63, 3.8) is 0 Å². The average molecular weight is 186 g/mol. The summed E-state index contributed by atoms with van der Waals surface area (Å²) in [7, 11) is 2.19. The second-order valence-electron chi connectivity index (χ2n) is 3.85. The van der Waals surface area contributed by atoms with Crippen LogP contribution in [0.2, 0.25) is 0 Å². The van der Waals surface area contributed by atoms with Crippen LogP contribution >= 0.6 is 0 Å². The van der Waals surface area contributed by atoms with E-state index in [0.29, 0.717) is 6.04 Å². The van der Waals surface area contributed by atoms with Crippen LogP contribution in [0.25, 0.3) is 0 Å². The molecule has 0 aromatic rings. The lowest BCUT2D eigenvalue weighted by atomic mass is 10.2. The monoisotopic (exact) mass is 186 g/mol. The fraction of sp³-hybridized carbons (Fsp3) is 1.00. The summed E-state index contributed by atoms with van der Waals surface area (Å²) >= 11 is 0. The summed E-state index contributed by atoms with van der Waals surface area (Å²) < 4.78 is 5.42. The Morgan fingerprint density at radius 1 is 1.23 bits per heavy atom. The van der Waals surface area contributed by atoms with Gasteiger partial charge in [-0.3, -0.25) is 4.90 Å². The van der Waals surface area contributed by atoms with Gasteiger partial charge in [0.05, 0.1) is 6.61 Å². The van der Waals surface area contributed by atoms with Gasteiger partial charge < -0.3 is 9.64 Å². The number of likely N-dealkylation sites (N-methyl/N-ethyl adjacent to an activating group) is 1. The molecule has 13 heavy (non-hydrogen) atoms. The average Bonchev–Trinajstić information content (AvgIpc) is 2.15. The van der Waals surface area contributed by atoms with Crippen molar-refractivity contribution >= 4 is 0 Å². The molecule has 1 unspecified atom stereocenters. The van der Waals surface area contributed by atoms with Crippen LogP contribution in [0.5, 0.6) is 0 Å². The van der Waals surface area contributed by atoms with Crippen LogP contribution < -0.4 is 0 Å². The number of piperazine rings is 1. The number of hydrogen-bond donors (Lipinski definition) is 0. The Kier molecular flexibility index (Phi) is 4.70. The first kappa shape index (κ1) is 11.0. The van der Waals surface area contributed by atoms with E-state index in [1.54, 1.807) is 0 Å². The zero-order chi connectivity index (χ0) is 9.68. The molecule has 1 atom stereocenters. The van der Waals surface area contributed by atoms with Crippen LogP contribution in [0, 0.1) is 0 Å². The molecule has 1 rings (SSSR count). The third-order valence-electron chi connectivity index (χ3n) is 2.72. The van der Waals surface area contributed by atoms with Crippen molar-refractivity contribution in [2.75, 3.05) is 46.4 Å². The lowest BCUT2D eigenvalue weighted by Gasteiger charge is -2.36. The van der Waals surface area contributed by atoms with Crippen LogP contribution in [-0.2, 0) is 4.74 Å². The minimum Gasteiger partial charge on any atom is -0.380 e. The highest BCUT2D eigenvalue weighted by Crippen LogP contribution is 2.04. The second kappa shape index (κ2) is 5.58. The topological polar surface area (TPSA) is 15.7 Å². The van der Waals surface area contributed by atoms with Crippen molar-refractivity contribution < 1.29 is 4.74 Å². The van der Waals surface area contributed by atoms with Crippen molar-refractivity contribution in [1.82, 2.24) is 9.80 Å². The molecule has 0 radical (unpaired) electrons. The summed E-state index contributed by atoms with van der Waals surface area (Å²) in [4.78, 5) is 4.89. The molecule has 0 saturated carbocycles. The molecule has 1 saturated heterocycles. The Morgan fingerprint density at radius 3 is 2.38 bits per heavy atom. The molecule has 3 nitrogen and oxygen atoms in total. The number of ether oxygens (including phenoxy) is 1. The molecule has 0 aromatic carbocycles. The molecule has 1 fully saturated rings. The van der Waals surface area contributed by atoms with E-state index in [4.69, 9.17) is 4.74 Å². The molecule has 1 heterocycles. The standard InChI is InChI=1S/C10H22N2O/c1-4-13-9-10(2)12-7-5-11(3)6-8-12/h10H,4-9H2,1-3H3. The first-order valence-electron chi connectivity index (χ1n) is 5.24. The summed E-state index contributed by atoms with van der Waals surface area (Å²) in [5, 5.41) is 0. The SMILES string of the molecule is CCOCC(C)N1CCN(C)CC1. The highest BCUT2D eigenvalue weighted by atomic mass is 16.5. The lowest BCUT2D eigenvalue weighted by molar-refractivity contribution is 0.0486. The Hall–Kier alpha value is -0.120. The fourth-order valence-corrected chi connectivity index (χ4v) is 1.66. The van der Waals surface area contributed by atoms with Gasteiger partial charge >= 0.3 is 0 Å². The van der Waals surface area contributed by atoms with Gasteiger partial charge in [-0.15, -0.1) is 0 Å². The summed E-state index contributed by atoms with van der Waals surface area (Å²) in [5.74, 6) is 0. The van der Waals surface area contributed by atoms with E-state index in [1.165, 1.54) is 26.2 Å². The quantitative estimate of drug-likeness (QED) is 0.641. The van der Waals surface area contributed by atoms with Gasteiger partial charge in [0, 0.05) is 38.8 Å². The van der Waals surface area contributed by atoms with E-state index in [2.05, 4.69) is 30.7 Å². The largest absolute Gasteiger partial charge is 0.380 e. The molecular weight excluding hydrogens is 164 g/mol. The molecule has 0 bridgehead atoms. The molecule has 0 aliphatic carbocycles. The maximum absolute atomic E-state index is 5.42. The van der Waals surface area contributed by atoms with Crippen LogP contribution in [0.4, 0.5) is 0 Å². The fourth-order valence-electron chi connectivity index (χ4n) is 1.66. The maximum Gasteiger partial charge on any atom is 0.0619 e. The smallest absolute Gasteiger partial charge is 0.0619 e. The molecule has 0 aromatic heterocycles. The van der Waals surface area contributed by atoms with Gasteiger partial charge in [0.25, 0.3) is 0 Å². The predicted molar refractivity (Wildman–Crippen MR) is 55.0 cm³/mol. The Morgan fingerprint density at radius 2 is 1.85 bits per heavy atom. The molecule has 78 valence electrons. The summed E-state index contributed by atoms with van der Waals surface area (Å²) in [6.07, 6.45) is 0. The highest BCUT2D eigenvalue weighted by molar-refractivity contribution is 4.74. The molecular formula is C10H22N2O. The van der Waals surface area contributed by atoms with E-state index < -0.39 is 0 Å². The summed E-state index contributed by atoms with van der Waals surface area (Å²) in [6.45, 7) is 10.8. The summed E-state index contributed by atoms with van der Waals surface area (Å²) in [6, 6.07) is 0.577. The number of hydrogen-bond acceptors (Lipinski definition) is 3. The van der Waals surface area contributed by atoms with Crippen LogP contribution in [0.1, 0.15) is 13.8 Å². The van der Waals surface area contributed by atoms with Gasteiger partial charge in [0.2, 0.25) is 0 Å². The van der Waals surface area contributed by atoms with E-state index >= 15 is 0 Å². The maximum atomic E-state index is 5.42. The van der Waals surface area contributed by atoms with Crippen molar-refractivity contribution in [1.29, 1.82) is 0 Å². The van der Waals surface area contributed by atoms with E-state index in [-0.39, 0.29) is 0 Å². The molecule has 0 spiro atoms. The van der Waals surface area contributed by atoms with Gasteiger partial charge in [0.15, 0.2) is 0 Å². The Labute approximate surface area is 81.7 Å². The van der Waals surface area contributed by atoms with Gasteiger partial charge in [-0.05, 0) is 20.9 Å². The minimum atomic E-state index is 0.577. The second-order valence-corrected chi connectivity index (χ2v) is 3.85. The normalized spacial score (nSPS) is 23.3. The zero-order valence-corrected chi connectivity index (χ0v) is 9.12. The molecule has 1 aliphatic heterocycles. The van der Waals surface area contributed by atoms with Crippen LogP contribution in [0.15, 0.2) is 0 Å². The van der Waals surface area contributed by atoms with Crippen molar-refractivity contribution in [3.05, 3.63) is 0 Å². The van der Waals surface area contributed by atoms with E-state index in [0.717, 1.165) is 13.2 Å². The molecule has 0 amide bonds. The van der Waals surface area contributed by atoms with Gasteiger partial charge in [-0.25, -0.2) is 0 Å². The van der Waals surface area contributed by atoms with Crippen LogP contribution in [0.3, 0.4) is 0 Å². The lowest BCUT2D eigenvalue weighted by Crippen LogP contribution is -2.49. The highest BCUT2D eigenvalue weighted by Gasteiger charge is 2.18. The van der Waals surface area contributed by atoms with E-state index in [9.17, 15) is 0 Å². The van der Waals surface area contributed by atoms with E-state index in [1.807, 2.05) is 0 Å². The molecule has 0 N–H and O–H groups in total. The Balaban J connectivity index is 2.19. The zero-order valence-electron chi connectivity index (χ0n) is 9.12. The third-order valence-corrected chi connectivity index (χ3v) is 2.72. The predicted octanol–water partition coefficient (Wildman–Crippen LogP) is 0.659. The first-order valence-corrected chi connectivity index (χ1v) is 5.24. The first-order chi connectivity index (χ1) is 6.24. The third kappa shape index (κ3) is 3.63. The number of rotatable bonds is 4. The van der Waals surface area contributed by atoms with Crippen LogP contribution in [-0.4, -0.2) is 62.3 Å². The van der Waals surface area contributed by atoms with Crippen molar-refractivity contribution in [2.45, 2.75) is 19.9 Å². The molecule has 3 heteroatoms. The number of nitrogens with zero attached hydrogens (tertiary/aromatic N) is 2. The van der Waals surface area contributed by atoms with Gasteiger partial charge in [-0.2, -0.15) is 0 Å². The van der Waals surface area contributed by atoms with Crippen molar-refractivity contribution in [3.8, 4) is 0 Å². The van der Waals surface area contributed by atoms with Gasteiger partial charge in [0.1, 0.15) is 0 Å². The summed E-state index contributed by atoms with van der Waals surface area (Å²) in [5.41, 5.74) is 0. The van der Waals surface area contributed by atoms with Gasteiger partial charge in [-0.1, -0.05) is 0 Å². The molecule has 1 aliphatic rings. The Bertz CT molecular complexity index is 133. The van der Waals surface area contributed by atoms with Crippen molar-refractivity contribution in [2.24, 2.45) is 0 Å². The minimum absolute atomic E-state index is 0.577.